The van der Waals surface area contributed by atoms with Crippen LogP contribution < -0.4 is 0 Å². The predicted octanol–water partition coefficient (Wildman–Crippen LogP) is 2.84. The van der Waals surface area contributed by atoms with Gasteiger partial charge in [0.15, 0.2) is 0 Å². The van der Waals surface area contributed by atoms with Gasteiger partial charge in [0.25, 0.3) is 0 Å². The average molecular weight is 229 g/mol. The third-order valence-corrected chi connectivity index (χ3v) is 3.35. The van der Waals surface area contributed by atoms with Gasteiger partial charge < -0.3 is 9.69 Å². The van der Waals surface area contributed by atoms with Gasteiger partial charge in [-0.1, -0.05) is 13.8 Å². The minimum Gasteiger partial charge on any atom is -0.367 e. The van der Waals surface area contributed by atoms with Gasteiger partial charge in [0, 0.05) is 30.6 Å². The molecule has 0 radical (unpaired) electrons. The minimum absolute atomic E-state index is 0.630. The molecule has 2 atom stereocenters. The molecule has 2 unspecified atom stereocenters. The van der Waals surface area contributed by atoms with E-state index >= 15 is 0 Å². The molecule has 2 heteroatoms. The van der Waals surface area contributed by atoms with E-state index in [9.17, 15) is 4.79 Å². The summed E-state index contributed by atoms with van der Waals surface area (Å²) in [5.74, 6) is 0.715. The van der Waals surface area contributed by atoms with Gasteiger partial charge in [-0.15, -0.1) is 5.73 Å². The summed E-state index contributed by atoms with van der Waals surface area (Å²) in [6.45, 7) is 4.86. The van der Waals surface area contributed by atoms with Crippen molar-refractivity contribution in [3.8, 4) is 0 Å². The largest absolute Gasteiger partial charge is 0.367 e. The Kier molecular flexibility index (Phi) is 3.65. The maximum atomic E-state index is 10.4. The highest BCUT2D eigenvalue weighted by molar-refractivity contribution is 5.52. The van der Waals surface area contributed by atoms with E-state index in [1.807, 2.05) is 26.0 Å². The van der Waals surface area contributed by atoms with Crippen molar-refractivity contribution < 1.29 is 4.79 Å². The number of hydrogen-bond donors (Lipinski definition) is 0. The lowest BCUT2D eigenvalue weighted by molar-refractivity contribution is -0.108. The highest BCUT2D eigenvalue weighted by atomic mass is 16.1. The molecule has 2 nitrogen and oxygen atoms in total. The van der Waals surface area contributed by atoms with Crippen LogP contribution in [-0.4, -0.2) is 23.8 Å². The van der Waals surface area contributed by atoms with Gasteiger partial charge in [-0.05, 0) is 36.3 Å². The molecule has 1 saturated heterocycles. The fraction of sp³-hybridized carbons (Fsp3) is 0.467. The number of allylic oxidation sites excluding steroid dienone is 4. The normalized spacial score (nSPS) is 27.1. The average Bonchev–Trinajstić information content (AvgIpc) is 3.13. The second-order valence-corrected chi connectivity index (χ2v) is 4.23. The quantitative estimate of drug-likeness (QED) is 0.548. The van der Waals surface area contributed by atoms with Crippen molar-refractivity contribution in [3.05, 3.63) is 41.3 Å². The number of hydrogen-bond acceptors (Lipinski definition) is 2. The van der Waals surface area contributed by atoms with Gasteiger partial charge >= 0.3 is 0 Å². The van der Waals surface area contributed by atoms with E-state index in [0.29, 0.717) is 18.4 Å². The van der Waals surface area contributed by atoms with Gasteiger partial charge in [0.05, 0.1) is 0 Å². The lowest BCUT2D eigenvalue weighted by Crippen LogP contribution is -2.23. The fourth-order valence-electron chi connectivity index (χ4n) is 2.59. The minimum atomic E-state index is 0.630. The molecule has 2 aliphatic carbocycles. The van der Waals surface area contributed by atoms with Crippen LogP contribution in [0.2, 0.25) is 0 Å². The summed E-state index contributed by atoms with van der Waals surface area (Å²) in [6, 6.07) is 0.669. The van der Waals surface area contributed by atoms with Crippen LogP contribution in [0.5, 0.6) is 0 Å². The van der Waals surface area contributed by atoms with Crippen LogP contribution in [0.1, 0.15) is 26.7 Å². The first-order valence-electron chi connectivity index (χ1n) is 6.45. The van der Waals surface area contributed by atoms with Crippen LogP contribution in [0, 0.1) is 5.92 Å². The zero-order valence-corrected chi connectivity index (χ0v) is 10.5. The van der Waals surface area contributed by atoms with Crippen LogP contribution in [0.4, 0.5) is 0 Å². The summed E-state index contributed by atoms with van der Waals surface area (Å²) in [5.41, 5.74) is 5.83. The second kappa shape index (κ2) is 5.20. The third kappa shape index (κ3) is 2.13. The summed E-state index contributed by atoms with van der Waals surface area (Å²) in [6.07, 6.45) is 11.1. The predicted molar refractivity (Wildman–Crippen MR) is 69.4 cm³/mol. The smallest absolute Gasteiger partial charge is 0.121 e. The van der Waals surface area contributed by atoms with E-state index in [4.69, 9.17) is 0 Å². The van der Waals surface area contributed by atoms with E-state index in [1.54, 1.807) is 0 Å². The van der Waals surface area contributed by atoms with Gasteiger partial charge in [0.1, 0.15) is 6.29 Å². The SMILES string of the molecule is CC.O=CCCN1C2=CC=C=CC=C2C2CC21. The fourth-order valence-corrected chi connectivity index (χ4v) is 2.59. The summed E-state index contributed by atoms with van der Waals surface area (Å²) in [5, 5.41) is 0. The van der Waals surface area contributed by atoms with E-state index in [2.05, 4.69) is 22.8 Å². The second-order valence-electron chi connectivity index (χ2n) is 4.23. The van der Waals surface area contributed by atoms with E-state index in [1.165, 1.54) is 17.7 Å². The number of nitrogens with zero attached hydrogens (tertiary/aromatic N) is 1. The summed E-state index contributed by atoms with van der Waals surface area (Å²) in [7, 11) is 0. The number of aldehydes is 1. The molecule has 90 valence electrons. The maximum Gasteiger partial charge on any atom is 0.121 e. The molecule has 0 spiro atoms. The molecule has 0 bridgehead atoms. The summed E-state index contributed by atoms with van der Waals surface area (Å²) < 4.78 is 0. The Morgan fingerprint density at radius 1 is 1.41 bits per heavy atom. The van der Waals surface area contributed by atoms with Crippen molar-refractivity contribution in [1.82, 2.24) is 4.90 Å². The number of carbonyl (C=O) groups is 1. The molecule has 2 fully saturated rings. The Morgan fingerprint density at radius 3 is 2.94 bits per heavy atom. The van der Waals surface area contributed by atoms with Crippen molar-refractivity contribution in [2.45, 2.75) is 32.7 Å². The zero-order chi connectivity index (χ0) is 12.3. The molecule has 0 aromatic rings. The third-order valence-electron chi connectivity index (χ3n) is 3.35. The number of carbonyl (C=O) groups excluding carboxylic acids is 1. The molecule has 1 heterocycles. The van der Waals surface area contributed by atoms with Gasteiger partial charge in [-0.3, -0.25) is 0 Å². The summed E-state index contributed by atoms with van der Waals surface area (Å²) in [4.78, 5) is 12.8. The van der Waals surface area contributed by atoms with Crippen LogP contribution in [-0.2, 0) is 4.79 Å². The van der Waals surface area contributed by atoms with Crippen LogP contribution in [0.15, 0.2) is 41.3 Å². The van der Waals surface area contributed by atoms with Crippen molar-refractivity contribution in [3.63, 3.8) is 0 Å². The number of fused-ring (bicyclic) bond motifs is 3. The van der Waals surface area contributed by atoms with Gasteiger partial charge in [-0.2, -0.15) is 0 Å². The highest BCUT2D eigenvalue weighted by Gasteiger charge is 2.51. The van der Waals surface area contributed by atoms with Crippen LogP contribution in [0.25, 0.3) is 0 Å². The standard InChI is InChI=1S/C13H13NO.C2H6/c15-8-4-7-14-12-6-3-1-2-5-10(12)11-9-13(11)14;1-2/h2-3,5-6,8,11,13H,4,7,9H2;1-2H3. The first-order valence-corrected chi connectivity index (χ1v) is 6.45. The Labute approximate surface area is 103 Å². The Morgan fingerprint density at radius 2 is 2.18 bits per heavy atom. The molecule has 0 N–H and O–H groups in total. The number of piperidine rings is 1. The molecular formula is C15H19NO. The van der Waals surface area contributed by atoms with E-state index < -0.39 is 0 Å². The number of likely N-dealkylation sites (tertiary alicyclic amines) is 1. The van der Waals surface area contributed by atoms with Crippen LogP contribution >= 0.6 is 0 Å². The lowest BCUT2D eigenvalue weighted by Gasteiger charge is -2.22. The van der Waals surface area contributed by atoms with E-state index in [-0.39, 0.29) is 0 Å². The van der Waals surface area contributed by atoms with Crippen molar-refractivity contribution >= 4 is 6.29 Å². The highest BCUT2D eigenvalue weighted by Crippen LogP contribution is 2.53. The molecule has 3 aliphatic rings. The molecule has 1 aliphatic heterocycles. The topological polar surface area (TPSA) is 20.3 Å². The summed E-state index contributed by atoms with van der Waals surface area (Å²) >= 11 is 0. The van der Waals surface area contributed by atoms with Crippen molar-refractivity contribution in [2.24, 2.45) is 5.92 Å². The molecule has 17 heavy (non-hydrogen) atoms. The van der Waals surface area contributed by atoms with Crippen molar-refractivity contribution in [2.75, 3.05) is 6.54 Å². The number of rotatable bonds is 3. The Hall–Kier alpha value is -1.53. The Bertz CT molecular complexity index is 424. The van der Waals surface area contributed by atoms with E-state index in [0.717, 1.165) is 12.8 Å². The maximum absolute atomic E-state index is 10.4. The molecule has 3 rings (SSSR count). The lowest BCUT2D eigenvalue weighted by atomic mass is 10.1. The molecular weight excluding hydrogens is 210 g/mol. The zero-order valence-electron chi connectivity index (χ0n) is 10.5. The Balaban J connectivity index is 0.000000514. The molecule has 0 aromatic carbocycles. The molecule has 0 amide bonds. The molecule has 1 saturated carbocycles. The monoisotopic (exact) mass is 229 g/mol. The molecule has 0 aromatic heterocycles. The first kappa shape index (κ1) is 11.9. The van der Waals surface area contributed by atoms with Gasteiger partial charge in [0.2, 0.25) is 0 Å². The van der Waals surface area contributed by atoms with Gasteiger partial charge in [-0.25, -0.2) is 0 Å². The first-order chi connectivity index (χ1) is 8.42. The van der Waals surface area contributed by atoms with Crippen LogP contribution in [0.3, 0.4) is 0 Å². The van der Waals surface area contributed by atoms with Crippen molar-refractivity contribution in [1.29, 1.82) is 0 Å².